The molecule has 3 unspecified atom stereocenters. The minimum atomic E-state index is -1.67. The number of likely N-dealkylation sites (N-methyl/N-ethyl adjacent to an activating group) is 1. The Morgan fingerprint density at radius 2 is 1.68 bits per heavy atom. The van der Waals surface area contributed by atoms with Crippen LogP contribution in [0.2, 0.25) is 10.0 Å². The molecule has 0 saturated carbocycles. The van der Waals surface area contributed by atoms with Crippen LogP contribution in [0.15, 0.2) is 67.1 Å². The largest absolute Gasteiger partial charge is 0.490 e. The number of aliphatic carboxylic acids is 1. The first-order valence-corrected chi connectivity index (χ1v) is 27.3. The van der Waals surface area contributed by atoms with Gasteiger partial charge in [-0.2, -0.15) is 3.89 Å². The number of nitrogens with zero attached hydrogens (tertiary/aromatic N) is 6. The highest BCUT2D eigenvalue weighted by atomic mass is 35.5. The lowest BCUT2D eigenvalue weighted by Gasteiger charge is -2.35. The van der Waals surface area contributed by atoms with Gasteiger partial charge in [-0.1, -0.05) is 41.4 Å². The summed E-state index contributed by atoms with van der Waals surface area (Å²) in [7, 11) is 3.74. The van der Waals surface area contributed by atoms with Gasteiger partial charge in [0.25, 0.3) is 0 Å². The average molecular weight is 1110 g/mol. The number of benzene rings is 3. The van der Waals surface area contributed by atoms with Gasteiger partial charge in [0.05, 0.1) is 47.6 Å². The number of hydrogen-bond acceptors (Lipinski definition) is 16. The molecular weight excluding hydrogens is 1050 g/mol. The van der Waals surface area contributed by atoms with E-state index in [1.807, 2.05) is 13.8 Å². The van der Waals surface area contributed by atoms with Gasteiger partial charge in [0, 0.05) is 87.0 Å². The van der Waals surface area contributed by atoms with Crippen molar-refractivity contribution in [3.05, 3.63) is 111 Å². The standard InChI is InChI=1S/C53H57Cl2FN6O9S.CH3FS/c1-31-42-32(2)46(55)48(45(31)54)70-39(26-62-19-17-61(3)18-20-62)29-68-38-13-14-41(69-28-37-15-16-57-50(60-37)35-7-5-33(6-8-35)27-67-24-23-66-22-21-65-4)40(25-38)47(53(63)64)71-51-44-43(42)49(72-52(44)59-30-58-51)34-9-11-36(56)12-10-34;1-3-2/h7,9-16,25,30,33,39,47H,5-6,8,17-24,26-29H2,1-4H3,(H,63,64);1H3. The summed E-state index contributed by atoms with van der Waals surface area (Å²) in [5.74, 6) is 0.158. The first-order chi connectivity index (χ1) is 36.4. The second-order valence-electron chi connectivity index (χ2n) is 18.3. The van der Waals surface area contributed by atoms with Crippen LogP contribution in [0.25, 0.3) is 37.4 Å². The van der Waals surface area contributed by atoms with E-state index < -0.39 is 24.0 Å². The first kappa shape index (κ1) is 56.0. The number of carbonyl (C=O) groups is 1. The number of methoxy groups -OCH3 is 1. The third-order valence-electron chi connectivity index (χ3n) is 13.2. The van der Waals surface area contributed by atoms with Crippen LogP contribution in [-0.2, 0) is 25.6 Å². The Kier molecular flexibility index (Phi) is 19.9. The molecule has 3 aromatic carbocycles. The van der Waals surface area contributed by atoms with E-state index in [0.717, 1.165) is 51.0 Å². The Balaban J connectivity index is 0.00000243. The summed E-state index contributed by atoms with van der Waals surface area (Å²) in [6.07, 6.45) is 6.91. The molecule has 3 atom stereocenters. The minimum Gasteiger partial charge on any atom is -0.490 e. The van der Waals surface area contributed by atoms with E-state index in [-0.39, 0.29) is 42.6 Å². The predicted molar refractivity (Wildman–Crippen MR) is 289 cm³/mol. The zero-order valence-corrected chi connectivity index (χ0v) is 45.6. The number of fused-ring (bicyclic) bond motifs is 6. The zero-order valence-electron chi connectivity index (χ0n) is 42.4. The number of piperazine rings is 1. The van der Waals surface area contributed by atoms with E-state index in [2.05, 4.69) is 37.9 Å². The van der Waals surface area contributed by atoms with Gasteiger partial charge < -0.3 is 43.2 Å². The number of halogens is 4. The lowest BCUT2D eigenvalue weighted by atomic mass is 9.90. The maximum absolute atomic E-state index is 14.4. The fourth-order valence-electron chi connectivity index (χ4n) is 9.20. The minimum absolute atomic E-state index is 0.00463. The van der Waals surface area contributed by atoms with Crippen molar-refractivity contribution in [2.24, 2.45) is 5.92 Å². The highest BCUT2D eigenvalue weighted by molar-refractivity contribution is 7.93. The van der Waals surface area contributed by atoms with Gasteiger partial charge in [-0.25, -0.2) is 29.1 Å². The topological polar surface area (TPSA) is 160 Å². The molecule has 15 nitrogen and oxygen atoms in total. The van der Waals surface area contributed by atoms with E-state index in [4.69, 9.17) is 61.3 Å². The second-order valence-corrected chi connectivity index (χ2v) is 20.4. The van der Waals surface area contributed by atoms with Gasteiger partial charge in [0.15, 0.2) is 11.6 Å². The van der Waals surface area contributed by atoms with Crippen LogP contribution in [0.4, 0.5) is 8.28 Å². The van der Waals surface area contributed by atoms with Crippen molar-refractivity contribution < 1.29 is 51.3 Å². The molecule has 1 fully saturated rings. The maximum atomic E-state index is 14.4. The molecule has 1 saturated heterocycles. The van der Waals surface area contributed by atoms with Crippen molar-refractivity contribution in [3.8, 4) is 44.7 Å². The second kappa shape index (κ2) is 26.7. The highest BCUT2D eigenvalue weighted by Crippen LogP contribution is 2.53. The molecule has 1 aliphatic carbocycles. The zero-order chi connectivity index (χ0) is 53.0. The summed E-state index contributed by atoms with van der Waals surface area (Å²) in [6, 6.07) is 12.9. The Bertz CT molecular complexity index is 2920. The number of rotatable bonds is 16. The fraction of sp³-hybridized carbons (Fsp3) is 0.426. The highest BCUT2D eigenvalue weighted by Gasteiger charge is 2.34. The van der Waals surface area contributed by atoms with E-state index in [0.29, 0.717) is 121 Å². The molecule has 6 aromatic rings. The molecular formula is C54H60Cl2F2N6O9S2. The third kappa shape index (κ3) is 13.9. The Morgan fingerprint density at radius 3 is 2.39 bits per heavy atom. The molecule has 3 aromatic heterocycles. The molecule has 6 heterocycles. The average Bonchev–Trinajstić information content (AvgIpc) is 3.80. The predicted octanol–water partition coefficient (Wildman–Crippen LogP) is 11.1. The molecule has 21 heteroatoms. The van der Waals surface area contributed by atoms with Gasteiger partial charge >= 0.3 is 5.97 Å². The van der Waals surface area contributed by atoms with E-state index in [9.17, 15) is 18.2 Å². The first-order valence-electron chi connectivity index (χ1n) is 24.6. The third-order valence-corrected chi connectivity index (χ3v) is 15.2. The van der Waals surface area contributed by atoms with E-state index >= 15 is 0 Å². The van der Waals surface area contributed by atoms with Crippen LogP contribution in [0.3, 0.4) is 0 Å². The lowest BCUT2D eigenvalue weighted by Crippen LogP contribution is -2.49. The molecule has 0 radical (unpaired) electrons. The van der Waals surface area contributed by atoms with E-state index in [1.165, 1.54) is 36.1 Å². The Hall–Kier alpha value is -5.22. The summed E-state index contributed by atoms with van der Waals surface area (Å²) < 4.78 is 67.5. The smallest absolute Gasteiger partial charge is 0.349 e. The number of aromatic nitrogens is 4. The molecule has 4 aliphatic rings. The Morgan fingerprint density at radius 1 is 0.947 bits per heavy atom. The fourth-order valence-corrected chi connectivity index (χ4v) is 10.9. The van der Waals surface area contributed by atoms with Gasteiger partial charge in [0.1, 0.15) is 47.8 Å². The normalized spacial score (nSPS) is 18.1. The molecule has 0 amide bonds. The van der Waals surface area contributed by atoms with Gasteiger partial charge in [0.2, 0.25) is 12.0 Å². The SMILES string of the molecule is COCCOCCOCC1CC=C(c2nccc(COc3ccc4cc3C(C(=O)O)Oc3ncnc5sc(-c6ccc(F)cc6)c(c35)-c3c(C)c(Cl)c(c(Cl)c3C)OC(CN3CCN(C)CC3)CO4)n2)CC1.CSF. The van der Waals surface area contributed by atoms with Crippen LogP contribution < -0.4 is 18.9 Å². The quantitative estimate of drug-likeness (QED) is 0.0911. The van der Waals surface area contributed by atoms with Crippen molar-refractivity contribution >= 4 is 68.4 Å². The van der Waals surface area contributed by atoms with Crippen LogP contribution in [-0.4, -0.2) is 140 Å². The van der Waals surface area contributed by atoms with Gasteiger partial charge in [-0.15, -0.1) is 11.3 Å². The molecule has 3 aliphatic heterocycles. The molecule has 0 spiro atoms. The molecule has 1 N–H and O–H groups in total. The number of carboxylic acid groups (broad SMARTS) is 1. The molecule has 10 rings (SSSR count). The molecule has 400 valence electrons. The Labute approximate surface area is 453 Å². The summed E-state index contributed by atoms with van der Waals surface area (Å²) in [6.45, 7) is 10.5. The van der Waals surface area contributed by atoms with Crippen molar-refractivity contribution in [1.82, 2.24) is 29.7 Å². The lowest BCUT2D eigenvalue weighted by molar-refractivity contribution is -0.145. The van der Waals surface area contributed by atoms with Crippen molar-refractivity contribution in [1.29, 1.82) is 0 Å². The van der Waals surface area contributed by atoms with Crippen LogP contribution in [0.5, 0.6) is 23.1 Å². The number of carboxylic acids is 1. The number of ether oxygens (including phenoxy) is 7. The number of allylic oxidation sites excluding steroid dienone is 2. The summed E-state index contributed by atoms with van der Waals surface area (Å²) in [4.78, 5) is 38.1. The van der Waals surface area contributed by atoms with Crippen LogP contribution >= 0.6 is 46.7 Å². The van der Waals surface area contributed by atoms with Crippen LogP contribution in [0, 0.1) is 25.6 Å². The number of hydrogen-bond donors (Lipinski definition) is 1. The maximum Gasteiger partial charge on any atom is 0.349 e. The molecule has 75 heavy (non-hydrogen) atoms. The molecule has 4 bridgehead atoms. The summed E-state index contributed by atoms with van der Waals surface area (Å²) in [5.41, 5.74) is 5.03. The van der Waals surface area contributed by atoms with Crippen molar-refractivity contribution in [2.45, 2.75) is 51.9 Å². The monoisotopic (exact) mass is 1110 g/mol. The van der Waals surface area contributed by atoms with Gasteiger partial charge in [-0.3, -0.25) is 4.90 Å². The summed E-state index contributed by atoms with van der Waals surface area (Å²) >= 11 is 16.2. The van der Waals surface area contributed by atoms with E-state index in [1.54, 1.807) is 49.7 Å². The van der Waals surface area contributed by atoms with Gasteiger partial charge in [-0.05, 0) is 110 Å². The summed E-state index contributed by atoms with van der Waals surface area (Å²) in [5, 5.41) is 12.1. The van der Waals surface area contributed by atoms with Crippen LogP contribution in [0.1, 0.15) is 53.6 Å². The number of thiophene rings is 1. The van der Waals surface area contributed by atoms with Crippen molar-refractivity contribution in [3.63, 3.8) is 0 Å². The van der Waals surface area contributed by atoms with Crippen molar-refractivity contribution in [2.75, 3.05) is 92.8 Å².